The van der Waals surface area contributed by atoms with Crippen molar-refractivity contribution in [3.63, 3.8) is 0 Å². The zero-order valence-electron chi connectivity index (χ0n) is 16.5. The molecule has 31 heavy (non-hydrogen) atoms. The molecule has 0 unspecified atom stereocenters. The summed E-state index contributed by atoms with van der Waals surface area (Å²) in [5, 5.41) is 13.0. The molecule has 3 rings (SSSR count). The minimum atomic E-state index is -1.07. The molecule has 0 bridgehead atoms. The van der Waals surface area contributed by atoms with E-state index in [4.69, 9.17) is 0 Å². The predicted octanol–water partition coefficient (Wildman–Crippen LogP) is 3.62. The molecular weight excluding hydrogens is 411 g/mol. The van der Waals surface area contributed by atoms with E-state index in [2.05, 4.69) is 11.9 Å². The number of hydrogen-bond donors (Lipinski definition) is 2. The average Bonchev–Trinajstić information content (AvgIpc) is 2.68. The largest absolute Gasteiger partial charge is 0.503 e. The molecule has 1 aliphatic heterocycles. The van der Waals surface area contributed by atoms with Gasteiger partial charge in [0.25, 0.3) is 5.91 Å². The quantitative estimate of drug-likeness (QED) is 0.694. The van der Waals surface area contributed by atoms with Crippen LogP contribution >= 0.6 is 0 Å². The van der Waals surface area contributed by atoms with Gasteiger partial charge in [-0.05, 0) is 6.42 Å². The maximum atomic E-state index is 13.8. The summed E-state index contributed by atoms with van der Waals surface area (Å²) in [5.74, 6) is -4.31. The monoisotopic (exact) mass is 437 g/mol. The molecular formula is C22H26F3N3O3. The molecule has 6 nitrogen and oxygen atoms in total. The summed E-state index contributed by atoms with van der Waals surface area (Å²) >= 11 is 0. The fourth-order valence-corrected chi connectivity index (χ4v) is 3.34. The number of aromatic nitrogens is 1. The average molecular weight is 437 g/mol. The summed E-state index contributed by atoms with van der Waals surface area (Å²) in [6, 6.07) is 1.11. The van der Waals surface area contributed by atoms with Gasteiger partial charge in [-0.1, -0.05) is 27.4 Å². The third kappa shape index (κ3) is 4.76. The van der Waals surface area contributed by atoms with Crippen LogP contribution in [-0.2, 0) is 13.1 Å². The molecule has 0 aliphatic carbocycles. The topological polar surface area (TPSA) is 74.6 Å². The van der Waals surface area contributed by atoms with Gasteiger partial charge in [-0.15, -0.1) is 0 Å². The highest BCUT2D eigenvalue weighted by Gasteiger charge is 2.29. The Hall–Kier alpha value is -3.23. The Bertz CT molecular complexity index is 1040. The first-order valence-electron chi connectivity index (χ1n) is 9.56. The summed E-state index contributed by atoms with van der Waals surface area (Å²) in [6.45, 7) is 6.65. The molecule has 1 aromatic carbocycles. The molecule has 9 heteroatoms. The number of carbonyl (C=O) groups is 1. The SMILES string of the molecule is C.C=C(NCc1c(F)cc(F)cc1F)c1cn2c(c(O)c1=O)C(=O)N(CCCC)CC2. The maximum Gasteiger partial charge on any atom is 0.274 e. The number of nitrogens with one attached hydrogen (secondary N) is 1. The molecule has 1 amide bonds. The third-order valence-electron chi connectivity index (χ3n) is 5.05. The Labute approximate surface area is 178 Å². The Balaban J connectivity index is 0.00000341. The van der Waals surface area contributed by atoms with Crippen LogP contribution in [0.3, 0.4) is 0 Å². The standard InChI is InChI=1S/C21H22F3N3O3.CH4/c1-3-4-5-26-6-7-27-11-15(19(28)20(29)18(27)21(26)30)12(2)25-10-14-16(23)8-13(22)9-17(14)24;/h8-9,11,25,29H,2-7,10H2,1H3;1H4. The van der Waals surface area contributed by atoms with Gasteiger partial charge in [0.15, 0.2) is 11.4 Å². The van der Waals surface area contributed by atoms with E-state index < -0.39 is 40.1 Å². The fourth-order valence-electron chi connectivity index (χ4n) is 3.34. The zero-order chi connectivity index (χ0) is 22.0. The van der Waals surface area contributed by atoms with Gasteiger partial charge in [-0.25, -0.2) is 13.2 Å². The summed E-state index contributed by atoms with van der Waals surface area (Å²) < 4.78 is 42.1. The van der Waals surface area contributed by atoms with Crippen molar-refractivity contribution in [3.05, 3.63) is 69.4 Å². The lowest BCUT2D eigenvalue weighted by Crippen LogP contribution is -2.42. The first kappa shape index (κ1) is 24.0. The highest BCUT2D eigenvalue weighted by molar-refractivity contribution is 5.96. The number of nitrogens with zero attached hydrogens (tertiary/aromatic N) is 2. The van der Waals surface area contributed by atoms with Gasteiger partial charge < -0.3 is 19.9 Å². The lowest BCUT2D eigenvalue weighted by molar-refractivity contribution is 0.0694. The molecule has 2 heterocycles. The number of fused-ring (bicyclic) bond motifs is 1. The number of hydrogen-bond acceptors (Lipinski definition) is 4. The number of halogens is 3. The van der Waals surface area contributed by atoms with E-state index in [9.17, 15) is 27.9 Å². The minimum Gasteiger partial charge on any atom is -0.503 e. The van der Waals surface area contributed by atoms with Crippen molar-refractivity contribution in [2.75, 3.05) is 13.1 Å². The molecule has 0 saturated heterocycles. The van der Waals surface area contributed by atoms with Crippen molar-refractivity contribution in [2.24, 2.45) is 0 Å². The Kier molecular flexibility index (Phi) is 7.54. The van der Waals surface area contributed by atoms with Gasteiger partial charge in [-0.3, -0.25) is 9.59 Å². The fraction of sp³-hybridized carbons (Fsp3) is 0.364. The van der Waals surface area contributed by atoms with Crippen molar-refractivity contribution in [2.45, 2.75) is 40.3 Å². The highest BCUT2D eigenvalue weighted by atomic mass is 19.1. The molecule has 0 saturated carbocycles. The third-order valence-corrected chi connectivity index (χ3v) is 5.05. The number of rotatable bonds is 7. The molecule has 0 spiro atoms. The van der Waals surface area contributed by atoms with E-state index in [1.807, 2.05) is 6.92 Å². The first-order valence-corrected chi connectivity index (χ1v) is 9.56. The molecule has 1 aromatic heterocycles. The predicted molar refractivity (Wildman–Crippen MR) is 112 cm³/mol. The van der Waals surface area contributed by atoms with Crippen molar-refractivity contribution in [1.82, 2.24) is 14.8 Å². The second-order valence-corrected chi connectivity index (χ2v) is 7.09. The van der Waals surface area contributed by atoms with Gasteiger partial charge in [-0.2, -0.15) is 0 Å². The van der Waals surface area contributed by atoms with E-state index >= 15 is 0 Å². The first-order chi connectivity index (χ1) is 14.2. The molecule has 2 N–H and O–H groups in total. The molecule has 0 radical (unpaired) electrons. The van der Waals surface area contributed by atoms with E-state index in [1.54, 1.807) is 4.90 Å². The minimum absolute atomic E-state index is 0. The lowest BCUT2D eigenvalue weighted by Gasteiger charge is -2.30. The summed E-state index contributed by atoms with van der Waals surface area (Å²) in [4.78, 5) is 26.8. The van der Waals surface area contributed by atoms with E-state index in [0.29, 0.717) is 31.8 Å². The molecule has 168 valence electrons. The van der Waals surface area contributed by atoms with Gasteiger partial charge in [0, 0.05) is 55.8 Å². The molecule has 2 aromatic rings. The number of unbranched alkanes of at least 4 members (excludes halogenated alkanes) is 1. The van der Waals surface area contributed by atoms with Crippen LogP contribution in [0.1, 0.15) is 48.8 Å². The van der Waals surface area contributed by atoms with Gasteiger partial charge >= 0.3 is 0 Å². The van der Waals surface area contributed by atoms with E-state index in [1.165, 1.54) is 10.8 Å². The summed E-state index contributed by atoms with van der Waals surface area (Å²) in [5.41, 5.74) is -1.34. The van der Waals surface area contributed by atoms with Crippen molar-refractivity contribution in [1.29, 1.82) is 0 Å². The Morgan fingerprint density at radius 2 is 1.84 bits per heavy atom. The Morgan fingerprint density at radius 3 is 2.45 bits per heavy atom. The van der Waals surface area contributed by atoms with Gasteiger partial charge in [0.05, 0.1) is 5.56 Å². The van der Waals surface area contributed by atoms with Crippen LogP contribution in [0.5, 0.6) is 5.75 Å². The van der Waals surface area contributed by atoms with Crippen LogP contribution < -0.4 is 10.7 Å². The van der Waals surface area contributed by atoms with Crippen LogP contribution in [-0.4, -0.2) is 33.6 Å². The number of aromatic hydroxyl groups is 1. The van der Waals surface area contributed by atoms with E-state index in [-0.39, 0.29) is 30.9 Å². The van der Waals surface area contributed by atoms with Gasteiger partial charge in [0.1, 0.15) is 17.5 Å². The van der Waals surface area contributed by atoms with Crippen LogP contribution in [0.2, 0.25) is 0 Å². The van der Waals surface area contributed by atoms with Crippen LogP contribution in [0, 0.1) is 17.5 Å². The number of amides is 1. The van der Waals surface area contributed by atoms with Crippen LogP contribution in [0.25, 0.3) is 5.70 Å². The Morgan fingerprint density at radius 1 is 1.19 bits per heavy atom. The lowest BCUT2D eigenvalue weighted by atomic mass is 10.1. The number of benzene rings is 1. The number of pyridine rings is 1. The van der Waals surface area contributed by atoms with E-state index in [0.717, 1.165) is 12.8 Å². The normalized spacial score (nSPS) is 12.9. The number of carbonyl (C=O) groups excluding carboxylic acids is 1. The van der Waals surface area contributed by atoms with Crippen molar-refractivity contribution >= 4 is 11.6 Å². The van der Waals surface area contributed by atoms with Gasteiger partial charge in [0.2, 0.25) is 5.43 Å². The van der Waals surface area contributed by atoms with Crippen LogP contribution in [0.15, 0.2) is 29.7 Å². The highest BCUT2D eigenvalue weighted by Crippen LogP contribution is 2.23. The summed E-state index contributed by atoms with van der Waals surface area (Å²) in [7, 11) is 0. The smallest absolute Gasteiger partial charge is 0.274 e. The van der Waals surface area contributed by atoms with Crippen molar-refractivity contribution in [3.8, 4) is 5.75 Å². The summed E-state index contributed by atoms with van der Waals surface area (Å²) in [6.07, 6.45) is 3.10. The second kappa shape index (κ2) is 9.72. The molecule has 1 aliphatic rings. The maximum absolute atomic E-state index is 13.8. The van der Waals surface area contributed by atoms with Crippen LogP contribution in [0.4, 0.5) is 13.2 Å². The molecule has 0 fully saturated rings. The molecule has 0 atom stereocenters. The van der Waals surface area contributed by atoms with Crippen molar-refractivity contribution < 1.29 is 23.1 Å². The zero-order valence-corrected chi connectivity index (χ0v) is 16.5. The second-order valence-electron chi connectivity index (χ2n) is 7.09.